The van der Waals surface area contributed by atoms with Crippen LogP contribution >= 0.6 is 12.2 Å². The number of ether oxygens (including phenoxy) is 1. The van der Waals surface area contributed by atoms with Gasteiger partial charge in [0.05, 0.1) is 29.1 Å². The number of fused-ring (bicyclic) bond motifs is 5. The van der Waals surface area contributed by atoms with Gasteiger partial charge >= 0.3 is 5.97 Å². The number of nitrogens with two attached hydrogens (primary N) is 1. The van der Waals surface area contributed by atoms with Crippen LogP contribution in [0, 0.1) is 4.64 Å². The molecule has 1 aromatic carbocycles. The Morgan fingerprint density at radius 2 is 2.11 bits per heavy atom. The normalized spacial score (nSPS) is 18.3. The van der Waals surface area contributed by atoms with Crippen molar-refractivity contribution >= 4 is 46.6 Å². The van der Waals surface area contributed by atoms with E-state index >= 15 is 0 Å². The fourth-order valence-corrected chi connectivity index (χ4v) is 4.99. The maximum atomic E-state index is 12.6. The number of esters is 1. The highest BCUT2D eigenvalue weighted by Gasteiger charge is 2.44. The van der Waals surface area contributed by atoms with Crippen LogP contribution in [0.5, 0.6) is 0 Å². The molecule has 2 amide bonds. The lowest BCUT2D eigenvalue weighted by molar-refractivity contribution is -0.172. The largest absolute Gasteiger partial charge is 0.458 e. The van der Waals surface area contributed by atoms with E-state index in [1.54, 1.807) is 25.1 Å². The van der Waals surface area contributed by atoms with E-state index in [1.165, 1.54) is 6.92 Å². The van der Waals surface area contributed by atoms with E-state index < -0.39 is 29.4 Å². The summed E-state index contributed by atoms with van der Waals surface area (Å²) in [5, 5.41) is 17.2. The average Bonchev–Trinajstić information content (AvgIpc) is 3.22. The number of pyridine rings is 2. The highest BCUT2D eigenvalue weighted by Crippen LogP contribution is 2.41. The quantitative estimate of drug-likeness (QED) is 0.178. The molecule has 10 nitrogen and oxygen atoms in total. The van der Waals surface area contributed by atoms with Crippen LogP contribution in [-0.2, 0) is 37.9 Å². The average molecular weight is 520 g/mol. The first-order valence-electron chi connectivity index (χ1n) is 11.7. The van der Waals surface area contributed by atoms with Gasteiger partial charge in [-0.3, -0.25) is 9.59 Å². The van der Waals surface area contributed by atoms with Gasteiger partial charge in [0.15, 0.2) is 5.60 Å². The van der Waals surface area contributed by atoms with Gasteiger partial charge in [-0.05, 0) is 37.6 Å². The van der Waals surface area contributed by atoms with Crippen LogP contribution in [0.4, 0.5) is 5.69 Å². The zero-order valence-electron chi connectivity index (χ0n) is 20.3. The molecule has 0 bridgehead atoms. The molecule has 5 rings (SSSR count). The number of aromatic nitrogens is 2. The first-order chi connectivity index (χ1) is 17.5. The molecule has 0 unspecified atom stereocenters. The van der Waals surface area contributed by atoms with Crippen LogP contribution in [0.25, 0.3) is 22.3 Å². The smallest absolute Gasteiger partial charge is 0.343 e. The maximum absolute atomic E-state index is 12.6. The van der Waals surface area contributed by atoms with Crippen molar-refractivity contribution < 1.29 is 24.2 Å². The van der Waals surface area contributed by atoms with Crippen molar-refractivity contribution in [2.24, 2.45) is 5.73 Å². The van der Waals surface area contributed by atoms with Gasteiger partial charge in [0, 0.05) is 27.8 Å². The lowest BCUT2D eigenvalue weighted by atomic mass is 9.86. The predicted octanol–water partition coefficient (Wildman–Crippen LogP) is 2.36. The molecule has 0 radical (unpaired) electrons. The van der Waals surface area contributed by atoms with Crippen molar-refractivity contribution in [3.05, 3.63) is 63.9 Å². The van der Waals surface area contributed by atoms with Crippen LogP contribution in [0.15, 0.2) is 42.6 Å². The Hall–Kier alpha value is -4.09. The third-order valence-corrected chi connectivity index (χ3v) is 7.28. The predicted molar refractivity (Wildman–Crippen MR) is 139 cm³/mol. The minimum Gasteiger partial charge on any atom is -0.458 e. The third-order valence-electron chi connectivity index (χ3n) is 6.81. The van der Waals surface area contributed by atoms with E-state index in [2.05, 4.69) is 17.2 Å². The molecule has 0 saturated carbocycles. The molecule has 0 spiro atoms. The maximum Gasteiger partial charge on any atom is 0.343 e. The molecule has 37 heavy (non-hydrogen) atoms. The second-order valence-electron chi connectivity index (χ2n) is 9.22. The molecule has 2 aliphatic heterocycles. The first kappa shape index (κ1) is 24.6. The highest BCUT2D eigenvalue weighted by atomic mass is 32.1. The number of hydrogen-bond acceptors (Lipinski definition) is 8. The molecule has 5 N–H and O–H groups in total. The molecule has 11 heteroatoms. The Morgan fingerprint density at radius 3 is 2.81 bits per heavy atom. The number of anilines is 1. The van der Waals surface area contributed by atoms with Crippen LogP contribution < -0.4 is 16.4 Å². The van der Waals surface area contributed by atoms with Crippen LogP contribution in [0.3, 0.4) is 0 Å². The van der Waals surface area contributed by atoms with Gasteiger partial charge in [-0.25, -0.2) is 9.78 Å². The molecule has 2 atom stereocenters. The Kier molecular flexibility index (Phi) is 5.84. The van der Waals surface area contributed by atoms with Gasteiger partial charge in [0.2, 0.25) is 5.91 Å². The fourth-order valence-electron chi connectivity index (χ4n) is 4.66. The summed E-state index contributed by atoms with van der Waals surface area (Å²) in [6.45, 7) is 7.13. The summed E-state index contributed by atoms with van der Waals surface area (Å²) in [6.07, 6.45) is 0.149. The van der Waals surface area contributed by atoms with Crippen molar-refractivity contribution in [3.63, 3.8) is 0 Å². The van der Waals surface area contributed by atoms with Crippen LogP contribution in [0.1, 0.15) is 37.0 Å². The molecule has 190 valence electrons. The number of amides is 2. The summed E-state index contributed by atoms with van der Waals surface area (Å²) in [5.41, 5.74) is 7.96. The zero-order chi connectivity index (χ0) is 26.6. The summed E-state index contributed by atoms with van der Waals surface area (Å²) in [7, 11) is 0. The van der Waals surface area contributed by atoms with E-state index in [0.717, 1.165) is 10.9 Å². The van der Waals surface area contributed by atoms with Crippen LogP contribution in [-0.4, -0.2) is 38.5 Å². The minimum atomic E-state index is -1.77. The standard InChI is InChI=1S/C26H25N5O5S/c1-4-26(35)18-9-20-21-15(10-31(20)24(37)17(18)11-36-25(26)34)7-14-5-6-16(8-19(14)30-21)29-23(33)13(3)28-22(32)12(2)27/h5-9,13,35H,2,4,10-11,27H2,1,3H3,(H,28,32)(H,29,33)/t13-,26-/m0/s1. The van der Waals surface area contributed by atoms with Gasteiger partial charge in [0.1, 0.15) is 17.3 Å². The Morgan fingerprint density at radius 1 is 1.35 bits per heavy atom. The summed E-state index contributed by atoms with van der Waals surface area (Å²) in [4.78, 5) is 41.5. The topological polar surface area (TPSA) is 149 Å². The third kappa shape index (κ3) is 3.96. The second-order valence-corrected chi connectivity index (χ2v) is 9.60. The number of hydrogen-bond donors (Lipinski definition) is 4. The number of aliphatic hydroxyl groups is 1. The van der Waals surface area contributed by atoms with E-state index in [4.69, 9.17) is 27.7 Å². The molecule has 0 aliphatic carbocycles. The van der Waals surface area contributed by atoms with Crippen molar-refractivity contribution in [3.8, 4) is 11.4 Å². The molecule has 4 heterocycles. The number of benzene rings is 1. The van der Waals surface area contributed by atoms with Gasteiger partial charge in [0.25, 0.3) is 5.91 Å². The van der Waals surface area contributed by atoms with E-state index in [-0.39, 0.29) is 18.7 Å². The number of carbonyl (C=O) groups is 3. The van der Waals surface area contributed by atoms with Crippen molar-refractivity contribution in [1.82, 2.24) is 14.9 Å². The highest BCUT2D eigenvalue weighted by molar-refractivity contribution is 7.71. The van der Waals surface area contributed by atoms with Crippen molar-refractivity contribution in [2.45, 2.75) is 45.1 Å². The zero-order valence-corrected chi connectivity index (χ0v) is 21.1. The monoisotopic (exact) mass is 519 g/mol. The lowest BCUT2D eigenvalue weighted by Crippen LogP contribution is -2.43. The van der Waals surface area contributed by atoms with Gasteiger partial charge in [-0.15, -0.1) is 0 Å². The van der Waals surface area contributed by atoms with E-state index in [9.17, 15) is 19.5 Å². The SMILES string of the molecule is C=C(N)C(=O)N[C@@H](C)C(=O)Nc1ccc2cc3c(nc2c1)-c1cc2c(c(=S)n1C3)COC(=O)[C@]2(O)CC. The van der Waals surface area contributed by atoms with Gasteiger partial charge < -0.3 is 30.8 Å². The Bertz CT molecular complexity index is 1600. The molecular weight excluding hydrogens is 494 g/mol. The Balaban J connectivity index is 1.51. The first-order valence-corrected chi connectivity index (χ1v) is 12.1. The number of nitrogens with zero attached hydrogens (tertiary/aromatic N) is 2. The molecular formula is C26H25N5O5S. The van der Waals surface area contributed by atoms with E-state index in [0.29, 0.717) is 44.9 Å². The molecule has 2 aliphatic rings. The number of cyclic esters (lactones) is 1. The molecule has 0 fully saturated rings. The molecule has 0 saturated heterocycles. The fraction of sp³-hybridized carbons (Fsp3) is 0.269. The number of nitrogens with one attached hydrogen (secondary N) is 2. The lowest BCUT2D eigenvalue weighted by Gasteiger charge is -2.32. The van der Waals surface area contributed by atoms with Gasteiger partial charge in [-0.2, -0.15) is 0 Å². The van der Waals surface area contributed by atoms with Crippen LogP contribution in [0.2, 0.25) is 0 Å². The van der Waals surface area contributed by atoms with Gasteiger partial charge in [-0.1, -0.05) is 31.8 Å². The van der Waals surface area contributed by atoms with Crippen molar-refractivity contribution in [1.29, 1.82) is 0 Å². The van der Waals surface area contributed by atoms with Crippen molar-refractivity contribution in [2.75, 3.05) is 5.32 Å². The molecule has 3 aromatic rings. The summed E-state index contributed by atoms with van der Waals surface area (Å²) in [6, 6.07) is 8.29. The minimum absolute atomic E-state index is 0.0165. The summed E-state index contributed by atoms with van der Waals surface area (Å²) >= 11 is 5.73. The van der Waals surface area contributed by atoms with E-state index in [1.807, 2.05) is 16.7 Å². The number of carbonyl (C=O) groups excluding carboxylic acids is 3. The Labute approximate surface area is 217 Å². The molecule has 2 aromatic heterocycles. The second kappa shape index (κ2) is 8.79. The summed E-state index contributed by atoms with van der Waals surface area (Å²) in [5.74, 6) is -1.72. The number of rotatable bonds is 5. The summed E-state index contributed by atoms with van der Waals surface area (Å²) < 4.78 is 7.66.